The highest BCUT2D eigenvalue weighted by atomic mass is 19.4. The van der Waals surface area contributed by atoms with E-state index in [0.717, 1.165) is 6.07 Å². The van der Waals surface area contributed by atoms with Crippen LogP contribution in [0.1, 0.15) is 24.2 Å². The fourth-order valence-corrected chi connectivity index (χ4v) is 1.29. The second-order valence-electron chi connectivity index (χ2n) is 3.41. The first-order valence-corrected chi connectivity index (χ1v) is 4.98. The molecule has 17 heavy (non-hydrogen) atoms. The van der Waals surface area contributed by atoms with Gasteiger partial charge in [0, 0.05) is 6.61 Å². The van der Waals surface area contributed by atoms with Crippen molar-refractivity contribution in [1.82, 2.24) is 0 Å². The average Bonchev–Trinajstić information content (AvgIpc) is 2.25. The summed E-state index contributed by atoms with van der Waals surface area (Å²) in [6.45, 7) is 1.91. The van der Waals surface area contributed by atoms with E-state index in [0.29, 0.717) is 18.7 Å². The van der Waals surface area contributed by atoms with Gasteiger partial charge in [0.05, 0.1) is 12.2 Å². The number of benzene rings is 1. The van der Waals surface area contributed by atoms with Gasteiger partial charge in [0.2, 0.25) is 0 Å². The third kappa shape index (κ3) is 3.67. The van der Waals surface area contributed by atoms with Gasteiger partial charge in [-0.3, -0.25) is 0 Å². The van der Waals surface area contributed by atoms with E-state index in [-0.39, 0.29) is 12.2 Å². The number of rotatable bonds is 4. The Kier molecular flexibility index (Phi) is 4.47. The van der Waals surface area contributed by atoms with Gasteiger partial charge in [-0.1, -0.05) is 6.07 Å². The van der Waals surface area contributed by atoms with E-state index in [4.69, 9.17) is 4.74 Å². The topological polar surface area (TPSA) is 29.5 Å². The highest BCUT2D eigenvalue weighted by Gasteiger charge is 2.34. The highest BCUT2D eigenvalue weighted by molar-refractivity contribution is 5.28. The zero-order chi connectivity index (χ0) is 13.1. The Morgan fingerprint density at radius 2 is 2.00 bits per heavy atom. The van der Waals surface area contributed by atoms with E-state index in [2.05, 4.69) is 0 Å². The Bertz CT molecular complexity index is 376. The van der Waals surface area contributed by atoms with Crippen LogP contribution in [0.15, 0.2) is 18.2 Å². The van der Waals surface area contributed by atoms with Gasteiger partial charge in [-0.15, -0.1) is 0 Å². The molecule has 0 fully saturated rings. The predicted molar refractivity (Wildman–Crippen MR) is 52.9 cm³/mol. The number of halogens is 4. The maximum atomic E-state index is 12.9. The minimum Gasteiger partial charge on any atom is -0.386 e. The van der Waals surface area contributed by atoms with Crippen molar-refractivity contribution in [2.45, 2.75) is 19.2 Å². The molecule has 0 aromatic heterocycles. The van der Waals surface area contributed by atoms with E-state index < -0.39 is 23.7 Å². The summed E-state index contributed by atoms with van der Waals surface area (Å²) in [5.41, 5.74) is -1.40. The maximum Gasteiger partial charge on any atom is 0.419 e. The molecule has 6 heteroatoms. The Labute approximate surface area is 95.8 Å². The molecule has 1 rings (SSSR count). The molecule has 1 N–H and O–H groups in total. The number of aliphatic hydroxyl groups is 1. The first-order chi connectivity index (χ1) is 7.86. The van der Waals surface area contributed by atoms with Crippen LogP contribution >= 0.6 is 0 Å². The van der Waals surface area contributed by atoms with Crippen LogP contribution in [-0.4, -0.2) is 18.3 Å². The van der Waals surface area contributed by atoms with E-state index in [1.54, 1.807) is 6.92 Å². The largest absolute Gasteiger partial charge is 0.419 e. The van der Waals surface area contributed by atoms with Crippen molar-refractivity contribution in [3.05, 3.63) is 35.1 Å². The number of hydrogen-bond acceptors (Lipinski definition) is 2. The summed E-state index contributed by atoms with van der Waals surface area (Å²) in [6, 6.07) is 2.39. The van der Waals surface area contributed by atoms with Crippen molar-refractivity contribution in [3.63, 3.8) is 0 Å². The molecular formula is C11H12F4O2. The molecular weight excluding hydrogens is 240 g/mol. The van der Waals surface area contributed by atoms with E-state index in [1.165, 1.54) is 0 Å². The van der Waals surface area contributed by atoms with Crippen molar-refractivity contribution in [2.24, 2.45) is 0 Å². The number of ether oxygens (including phenoxy) is 1. The molecule has 0 saturated carbocycles. The van der Waals surface area contributed by atoms with Gasteiger partial charge in [-0.25, -0.2) is 4.39 Å². The van der Waals surface area contributed by atoms with Crippen molar-refractivity contribution < 1.29 is 27.4 Å². The van der Waals surface area contributed by atoms with Gasteiger partial charge >= 0.3 is 6.18 Å². The van der Waals surface area contributed by atoms with Crippen molar-refractivity contribution >= 4 is 0 Å². The summed E-state index contributed by atoms with van der Waals surface area (Å²) < 4.78 is 55.0. The summed E-state index contributed by atoms with van der Waals surface area (Å²) in [7, 11) is 0. The zero-order valence-electron chi connectivity index (χ0n) is 9.09. The minimum absolute atomic E-state index is 0.0211. The van der Waals surface area contributed by atoms with Crippen LogP contribution in [0.4, 0.5) is 17.6 Å². The fourth-order valence-electron chi connectivity index (χ4n) is 1.29. The van der Waals surface area contributed by atoms with Gasteiger partial charge in [-0.05, 0) is 24.6 Å². The molecule has 1 aromatic carbocycles. The molecule has 0 amide bonds. The second kappa shape index (κ2) is 5.46. The van der Waals surface area contributed by atoms with Crippen molar-refractivity contribution in [3.8, 4) is 0 Å². The third-order valence-corrected chi connectivity index (χ3v) is 2.16. The molecule has 0 heterocycles. The molecule has 1 atom stereocenters. The molecule has 0 bridgehead atoms. The van der Waals surface area contributed by atoms with Crippen LogP contribution in [0, 0.1) is 5.82 Å². The second-order valence-corrected chi connectivity index (χ2v) is 3.41. The van der Waals surface area contributed by atoms with Crippen LogP contribution in [0.3, 0.4) is 0 Å². The SMILES string of the molecule is CCOCC(O)c1ccc(F)c(C(F)(F)F)c1. The molecule has 1 aromatic rings. The summed E-state index contributed by atoms with van der Waals surface area (Å²) in [5.74, 6) is -1.36. The van der Waals surface area contributed by atoms with E-state index in [9.17, 15) is 22.7 Å². The molecule has 0 aliphatic heterocycles. The van der Waals surface area contributed by atoms with Gasteiger partial charge in [-0.2, -0.15) is 13.2 Å². The lowest BCUT2D eigenvalue weighted by molar-refractivity contribution is -0.140. The average molecular weight is 252 g/mol. The Balaban J connectivity index is 2.96. The van der Waals surface area contributed by atoms with Crippen molar-refractivity contribution in [2.75, 3.05) is 13.2 Å². The van der Waals surface area contributed by atoms with Gasteiger partial charge < -0.3 is 9.84 Å². The quantitative estimate of drug-likeness (QED) is 0.835. The van der Waals surface area contributed by atoms with Crippen LogP contribution < -0.4 is 0 Å². The fraction of sp³-hybridized carbons (Fsp3) is 0.455. The Morgan fingerprint density at radius 1 is 1.35 bits per heavy atom. The summed E-state index contributed by atoms with van der Waals surface area (Å²) >= 11 is 0. The molecule has 0 radical (unpaired) electrons. The molecule has 2 nitrogen and oxygen atoms in total. The Hall–Kier alpha value is -1.14. The lowest BCUT2D eigenvalue weighted by Crippen LogP contribution is -2.12. The first-order valence-electron chi connectivity index (χ1n) is 4.98. The third-order valence-electron chi connectivity index (χ3n) is 2.16. The van der Waals surface area contributed by atoms with Gasteiger partial charge in [0.25, 0.3) is 0 Å². The summed E-state index contributed by atoms with van der Waals surface area (Å²) in [6.07, 6.45) is -5.97. The van der Waals surface area contributed by atoms with E-state index >= 15 is 0 Å². The first kappa shape index (κ1) is 13.9. The monoisotopic (exact) mass is 252 g/mol. The molecule has 0 spiro atoms. The standard InChI is InChI=1S/C11H12F4O2/c1-2-17-6-10(16)7-3-4-9(12)8(5-7)11(13,14)15/h3-5,10,16H,2,6H2,1H3. The van der Waals surface area contributed by atoms with Crippen LogP contribution in [0.2, 0.25) is 0 Å². The molecule has 0 aliphatic carbocycles. The van der Waals surface area contributed by atoms with Crippen LogP contribution in [-0.2, 0) is 10.9 Å². The summed E-state index contributed by atoms with van der Waals surface area (Å²) in [5, 5.41) is 9.52. The van der Waals surface area contributed by atoms with Crippen LogP contribution in [0.25, 0.3) is 0 Å². The number of alkyl halides is 3. The predicted octanol–water partition coefficient (Wildman–Crippen LogP) is 2.91. The van der Waals surface area contributed by atoms with Crippen LogP contribution in [0.5, 0.6) is 0 Å². The molecule has 96 valence electrons. The smallest absolute Gasteiger partial charge is 0.386 e. The lowest BCUT2D eigenvalue weighted by atomic mass is 10.1. The minimum atomic E-state index is -4.77. The number of aliphatic hydroxyl groups excluding tert-OH is 1. The van der Waals surface area contributed by atoms with Crippen molar-refractivity contribution in [1.29, 1.82) is 0 Å². The number of hydrogen-bond donors (Lipinski definition) is 1. The summed E-state index contributed by atoms with van der Waals surface area (Å²) in [4.78, 5) is 0. The Morgan fingerprint density at radius 3 is 2.53 bits per heavy atom. The normalized spacial score (nSPS) is 13.8. The van der Waals surface area contributed by atoms with E-state index in [1.807, 2.05) is 0 Å². The zero-order valence-corrected chi connectivity index (χ0v) is 9.09. The van der Waals surface area contributed by atoms with Gasteiger partial charge in [0.1, 0.15) is 11.9 Å². The van der Waals surface area contributed by atoms with Gasteiger partial charge in [0.15, 0.2) is 0 Å². The highest BCUT2D eigenvalue weighted by Crippen LogP contribution is 2.33. The maximum absolute atomic E-state index is 12.9. The molecule has 0 saturated heterocycles. The molecule has 0 aliphatic rings. The lowest BCUT2D eigenvalue weighted by Gasteiger charge is -2.14. The molecule has 1 unspecified atom stereocenters.